The number of anilines is 1. The van der Waals surface area contributed by atoms with Crippen LogP contribution in [0.25, 0.3) is 11.2 Å². The van der Waals surface area contributed by atoms with E-state index in [1.807, 2.05) is 0 Å². The summed E-state index contributed by atoms with van der Waals surface area (Å²) in [6, 6.07) is 0.0581. The Morgan fingerprint density at radius 1 is 1.14 bits per heavy atom. The van der Waals surface area contributed by atoms with Crippen molar-refractivity contribution in [3.63, 3.8) is 0 Å². The fraction of sp³-hybridized carbons (Fsp3) is 0.696. The molecule has 2 saturated heterocycles. The zero-order valence-electron chi connectivity index (χ0n) is 23.4. The number of rotatable bonds is 15. The molecule has 0 saturated carbocycles. The number of carbonyl (C=O) groups is 2. The minimum absolute atomic E-state index is 0.00344. The molecule has 2 fully saturated rings. The lowest BCUT2D eigenvalue weighted by atomic mass is 10.2. The van der Waals surface area contributed by atoms with Crippen LogP contribution >= 0.6 is 19.2 Å². The Morgan fingerprint density at radius 3 is 2.47 bits per heavy atom. The van der Waals surface area contributed by atoms with Crippen molar-refractivity contribution in [3.8, 4) is 0 Å². The van der Waals surface area contributed by atoms with Gasteiger partial charge in [0.15, 0.2) is 17.0 Å². The molecule has 4 rings (SSSR count). The summed E-state index contributed by atoms with van der Waals surface area (Å²) in [7, 11) is -4.15. The average Bonchev–Trinajstić information content (AvgIpc) is 3.70. The van der Waals surface area contributed by atoms with Gasteiger partial charge in [0.25, 0.3) is 0 Å². The molecule has 18 nitrogen and oxygen atoms in total. The minimum Gasteiger partial charge on any atom is -0.435 e. The topological polar surface area (TPSA) is 210 Å². The second kappa shape index (κ2) is 15.8. The summed E-state index contributed by atoms with van der Waals surface area (Å²) in [5, 5.41) is 13.9. The molecule has 2 aliphatic rings. The van der Waals surface area contributed by atoms with Gasteiger partial charge in [-0.15, -0.1) is 0 Å². The van der Waals surface area contributed by atoms with Crippen LogP contribution < -0.4 is 5.32 Å². The molecule has 0 unspecified atom stereocenters. The summed E-state index contributed by atoms with van der Waals surface area (Å²) >= 11 is 6.19. The fourth-order valence-electron chi connectivity index (χ4n) is 4.10. The number of hydrogen-bond acceptors (Lipinski definition) is 17. The number of hydrogen-bond donors (Lipinski definition) is 2. The summed E-state index contributed by atoms with van der Waals surface area (Å²) in [4.78, 5) is 35.8. The van der Waals surface area contributed by atoms with E-state index in [2.05, 4.69) is 39.2 Å². The number of aliphatic hydroxyl groups excluding tert-OH is 1. The number of carbonyl (C=O) groups excluding carboxylic acids is 2. The maximum atomic E-state index is 13.1. The Bertz CT molecular complexity index is 1250. The highest BCUT2D eigenvalue weighted by Crippen LogP contribution is 2.48. The van der Waals surface area contributed by atoms with E-state index in [-0.39, 0.29) is 37.6 Å². The molecule has 0 aliphatic carbocycles. The molecular weight excluding hydrogens is 621 g/mol. The molecule has 0 amide bonds. The van der Waals surface area contributed by atoms with E-state index >= 15 is 0 Å². The van der Waals surface area contributed by atoms with Crippen molar-refractivity contribution in [3.05, 3.63) is 11.6 Å². The molecule has 0 bridgehead atoms. The zero-order chi connectivity index (χ0) is 30.8. The SMILES string of the molecule is CCOC(=O)OCOP(=O)(COC[C@H]1O[C@@H](n2cnc3c(N[C@H]4CCOC4)nc(Cl)nc32)C[C@@H]1O)OCOC(=O)OCC. The Morgan fingerprint density at radius 2 is 1.84 bits per heavy atom. The first-order valence-electron chi connectivity index (χ1n) is 13.3. The van der Waals surface area contributed by atoms with Crippen molar-refractivity contribution in [2.45, 2.75) is 51.2 Å². The number of fused-ring (bicyclic) bond motifs is 1. The molecule has 2 aliphatic heterocycles. The number of nitrogens with one attached hydrogen (secondary N) is 1. The van der Waals surface area contributed by atoms with Gasteiger partial charge in [-0.05, 0) is 31.9 Å². The quantitative estimate of drug-likeness (QED) is 0.122. The maximum absolute atomic E-state index is 13.1. The van der Waals surface area contributed by atoms with E-state index in [0.29, 0.717) is 30.2 Å². The van der Waals surface area contributed by atoms with Gasteiger partial charge in [-0.3, -0.25) is 18.2 Å². The molecule has 2 aromatic rings. The average molecular weight is 654 g/mol. The second-order valence-corrected chi connectivity index (χ2v) is 11.4. The lowest BCUT2D eigenvalue weighted by Crippen LogP contribution is -2.27. The Balaban J connectivity index is 1.35. The van der Waals surface area contributed by atoms with Gasteiger partial charge in [0.2, 0.25) is 18.9 Å². The minimum atomic E-state index is -4.15. The van der Waals surface area contributed by atoms with Gasteiger partial charge in [0.1, 0.15) is 18.7 Å². The van der Waals surface area contributed by atoms with E-state index in [4.69, 9.17) is 34.9 Å². The van der Waals surface area contributed by atoms with Gasteiger partial charge in [0, 0.05) is 13.0 Å². The van der Waals surface area contributed by atoms with Crippen LogP contribution in [0.1, 0.15) is 32.9 Å². The molecule has 2 aromatic heterocycles. The Kier molecular flexibility index (Phi) is 12.1. The fourth-order valence-corrected chi connectivity index (χ4v) is 5.24. The van der Waals surface area contributed by atoms with Crippen molar-refractivity contribution in [2.24, 2.45) is 0 Å². The monoisotopic (exact) mass is 653 g/mol. The normalized spacial score (nSPS) is 22.0. The van der Waals surface area contributed by atoms with Gasteiger partial charge in [-0.1, -0.05) is 0 Å². The molecule has 4 heterocycles. The lowest BCUT2D eigenvalue weighted by molar-refractivity contribution is -0.0609. The van der Waals surface area contributed by atoms with E-state index in [1.54, 1.807) is 18.4 Å². The van der Waals surface area contributed by atoms with Crippen LogP contribution in [0.15, 0.2) is 6.33 Å². The smallest absolute Gasteiger partial charge is 0.435 e. The molecule has 2 N–H and O–H groups in total. The highest BCUT2D eigenvalue weighted by Gasteiger charge is 2.37. The molecule has 20 heteroatoms. The van der Waals surface area contributed by atoms with Crippen molar-refractivity contribution in [2.75, 3.05) is 58.3 Å². The van der Waals surface area contributed by atoms with Crippen molar-refractivity contribution in [1.29, 1.82) is 0 Å². The van der Waals surface area contributed by atoms with Crippen LogP contribution in [0.2, 0.25) is 5.28 Å². The summed E-state index contributed by atoms with van der Waals surface area (Å²) in [6.07, 6.45) is -2.82. The van der Waals surface area contributed by atoms with E-state index in [1.165, 1.54) is 6.33 Å². The number of imidazole rings is 1. The van der Waals surface area contributed by atoms with Crippen molar-refractivity contribution in [1.82, 2.24) is 19.5 Å². The van der Waals surface area contributed by atoms with Crippen LogP contribution in [0.4, 0.5) is 15.4 Å². The first kappa shape index (κ1) is 33.1. The van der Waals surface area contributed by atoms with E-state index in [9.17, 15) is 19.3 Å². The van der Waals surface area contributed by atoms with Crippen LogP contribution in [0.5, 0.6) is 0 Å². The third-order valence-corrected chi connectivity index (χ3v) is 7.75. The summed E-state index contributed by atoms with van der Waals surface area (Å²) in [5.41, 5.74) is 0.870. The first-order chi connectivity index (χ1) is 20.7. The molecular formula is C23H33ClN5O13P. The van der Waals surface area contributed by atoms with Gasteiger partial charge < -0.3 is 43.6 Å². The molecule has 4 atom stereocenters. The Hall–Kier alpha value is -2.83. The lowest BCUT2D eigenvalue weighted by Gasteiger charge is -2.20. The number of halogens is 1. The summed E-state index contributed by atoms with van der Waals surface area (Å²) in [6.45, 7) is 2.58. The second-order valence-electron chi connectivity index (χ2n) is 9.06. The number of aromatic nitrogens is 4. The summed E-state index contributed by atoms with van der Waals surface area (Å²) in [5.74, 6) is 0.456. The largest absolute Gasteiger partial charge is 0.510 e. The predicted molar refractivity (Wildman–Crippen MR) is 144 cm³/mol. The summed E-state index contributed by atoms with van der Waals surface area (Å²) < 4.78 is 60.3. The first-order valence-corrected chi connectivity index (χ1v) is 15.4. The van der Waals surface area contributed by atoms with Gasteiger partial charge in [-0.25, -0.2) is 14.6 Å². The maximum Gasteiger partial charge on any atom is 0.510 e. The molecule has 43 heavy (non-hydrogen) atoms. The van der Waals surface area contributed by atoms with Gasteiger partial charge in [-0.2, -0.15) is 9.97 Å². The standard InChI is InChI=1S/C23H33ClN5O13P/c1-3-36-22(31)38-11-40-43(33,41-12-39-23(32)37-4-2)13-35-9-16-15(30)7-17(42-16)29-10-25-18-19(26-14-5-6-34-8-14)27-21(24)28-20(18)29/h10,14-17,30H,3-9,11-13H2,1-2H3,(H,26,27,28)/t14-,15-,16+,17+/m0/s1. The van der Waals surface area contributed by atoms with Crippen LogP contribution in [-0.4, -0.2) is 108 Å². The van der Waals surface area contributed by atoms with Gasteiger partial charge in [0.05, 0.1) is 44.9 Å². The molecule has 240 valence electrons. The Labute approximate surface area is 250 Å². The number of nitrogens with zero attached hydrogens (tertiary/aromatic N) is 4. The molecule has 0 radical (unpaired) electrons. The van der Waals surface area contributed by atoms with Gasteiger partial charge >= 0.3 is 19.9 Å². The van der Waals surface area contributed by atoms with E-state index < -0.39 is 58.3 Å². The van der Waals surface area contributed by atoms with Crippen molar-refractivity contribution < 1.29 is 61.5 Å². The van der Waals surface area contributed by atoms with E-state index in [0.717, 1.165) is 6.42 Å². The number of aliphatic hydroxyl groups is 1. The molecule has 0 spiro atoms. The number of ether oxygens (including phenoxy) is 7. The van der Waals surface area contributed by atoms with Crippen LogP contribution in [0, 0.1) is 0 Å². The highest BCUT2D eigenvalue weighted by molar-refractivity contribution is 7.53. The zero-order valence-corrected chi connectivity index (χ0v) is 25.1. The molecule has 0 aromatic carbocycles. The van der Waals surface area contributed by atoms with Crippen LogP contribution in [-0.2, 0) is 46.8 Å². The third-order valence-electron chi connectivity index (χ3n) is 6.09. The van der Waals surface area contributed by atoms with Crippen molar-refractivity contribution >= 4 is 48.5 Å². The van der Waals surface area contributed by atoms with Crippen LogP contribution in [0.3, 0.4) is 0 Å². The third kappa shape index (κ3) is 9.33. The predicted octanol–water partition coefficient (Wildman–Crippen LogP) is 2.79. The highest BCUT2D eigenvalue weighted by atomic mass is 35.5.